The number of nitrogens with two attached hydrogens (primary N) is 2. The second kappa shape index (κ2) is 5.80. The lowest BCUT2D eigenvalue weighted by atomic mass is 10.3. The molecule has 2 aromatic rings. The molecule has 7 heteroatoms. The smallest absolute Gasteiger partial charge is 0.170 e. The Morgan fingerprint density at radius 2 is 1.61 bits per heavy atom. The van der Waals surface area contributed by atoms with Crippen molar-refractivity contribution in [3.05, 3.63) is 42.2 Å². The fourth-order valence-electron chi connectivity index (χ4n) is 1.37. The van der Waals surface area contributed by atoms with Gasteiger partial charge in [-0.25, -0.2) is 21.7 Å². The summed E-state index contributed by atoms with van der Waals surface area (Å²) in [6, 6.07) is 11.0. The molecule has 0 atom stereocenters. The number of rotatable bonds is 5. The van der Waals surface area contributed by atoms with Crippen molar-refractivity contribution in [1.82, 2.24) is 9.97 Å². The van der Waals surface area contributed by atoms with Gasteiger partial charge in [-0.1, -0.05) is 18.2 Å². The lowest BCUT2D eigenvalue weighted by Gasteiger charge is -2.08. The lowest BCUT2D eigenvalue weighted by molar-refractivity contribution is 0.296. The van der Waals surface area contributed by atoms with Crippen LogP contribution in [-0.2, 0) is 6.61 Å². The van der Waals surface area contributed by atoms with Crippen LogP contribution in [0, 0.1) is 0 Å². The van der Waals surface area contributed by atoms with Gasteiger partial charge in [0.15, 0.2) is 5.82 Å². The zero-order valence-electron chi connectivity index (χ0n) is 9.63. The van der Waals surface area contributed by atoms with E-state index in [1.54, 1.807) is 6.07 Å². The third-order valence-electron chi connectivity index (χ3n) is 2.18. The Labute approximate surface area is 104 Å². The van der Waals surface area contributed by atoms with Crippen molar-refractivity contribution in [3.8, 4) is 5.75 Å². The molecule has 0 amide bonds. The zero-order valence-corrected chi connectivity index (χ0v) is 9.63. The predicted octanol–water partition coefficient (Wildman–Crippen LogP) is 0.627. The van der Waals surface area contributed by atoms with Crippen LogP contribution in [0.3, 0.4) is 0 Å². The monoisotopic (exact) mass is 246 g/mol. The molecule has 7 nitrogen and oxygen atoms in total. The first kappa shape index (κ1) is 12.1. The van der Waals surface area contributed by atoms with Gasteiger partial charge in [0.25, 0.3) is 0 Å². The summed E-state index contributed by atoms with van der Waals surface area (Å²) in [6.45, 7) is 0.230. The number of hydrogen-bond donors (Lipinski definition) is 4. The van der Waals surface area contributed by atoms with Gasteiger partial charge in [0.05, 0.1) is 0 Å². The number of hydrazine groups is 2. The van der Waals surface area contributed by atoms with Crippen molar-refractivity contribution in [2.75, 3.05) is 10.9 Å². The van der Waals surface area contributed by atoms with Crippen LogP contribution < -0.4 is 27.3 Å². The Bertz CT molecular complexity index is 482. The van der Waals surface area contributed by atoms with Crippen LogP contribution in [0.2, 0.25) is 0 Å². The Hall–Kier alpha value is -2.38. The summed E-state index contributed by atoms with van der Waals surface area (Å²) in [5, 5.41) is 0. The number of aromatic nitrogens is 2. The standard InChI is InChI=1S/C11H14N6O/c12-16-9-6-10(17-13)15-11(14-9)7-18-8-4-2-1-3-5-8/h1-6H,7,12-13H2,(H2,14,15,16,17). The van der Waals surface area contributed by atoms with Crippen LogP contribution in [-0.4, -0.2) is 9.97 Å². The molecule has 0 unspecified atom stereocenters. The summed E-state index contributed by atoms with van der Waals surface area (Å²) in [5.74, 6) is 12.7. The summed E-state index contributed by atoms with van der Waals surface area (Å²) in [4.78, 5) is 8.29. The van der Waals surface area contributed by atoms with E-state index in [9.17, 15) is 0 Å². The molecule has 1 aromatic carbocycles. The van der Waals surface area contributed by atoms with E-state index in [0.717, 1.165) is 5.75 Å². The molecule has 0 fully saturated rings. The number of nitrogen functional groups attached to an aromatic ring is 2. The predicted molar refractivity (Wildman–Crippen MR) is 68.4 cm³/mol. The lowest BCUT2D eigenvalue weighted by Crippen LogP contribution is -2.15. The minimum atomic E-state index is 0.230. The number of nitrogens with zero attached hydrogens (tertiary/aromatic N) is 2. The molecule has 6 N–H and O–H groups in total. The van der Waals surface area contributed by atoms with E-state index >= 15 is 0 Å². The van der Waals surface area contributed by atoms with Crippen molar-refractivity contribution in [2.45, 2.75) is 6.61 Å². The van der Waals surface area contributed by atoms with Gasteiger partial charge in [-0.3, -0.25) is 0 Å². The number of para-hydroxylation sites is 1. The second-order valence-corrected chi connectivity index (χ2v) is 3.45. The van der Waals surface area contributed by atoms with Crippen LogP contribution in [0.15, 0.2) is 36.4 Å². The fraction of sp³-hybridized carbons (Fsp3) is 0.0909. The van der Waals surface area contributed by atoms with E-state index in [0.29, 0.717) is 17.5 Å². The van der Waals surface area contributed by atoms with Crippen LogP contribution in [0.5, 0.6) is 5.75 Å². The molecule has 1 aromatic heterocycles. The van der Waals surface area contributed by atoms with Crippen LogP contribution >= 0.6 is 0 Å². The highest BCUT2D eigenvalue weighted by molar-refractivity contribution is 5.45. The molecule has 0 bridgehead atoms. The highest BCUT2D eigenvalue weighted by atomic mass is 16.5. The summed E-state index contributed by atoms with van der Waals surface area (Å²) in [7, 11) is 0. The first-order valence-electron chi connectivity index (χ1n) is 5.31. The number of hydrogen-bond acceptors (Lipinski definition) is 7. The van der Waals surface area contributed by atoms with Gasteiger partial charge in [0.1, 0.15) is 24.0 Å². The van der Waals surface area contributed by atoms with Crippen molar-refractivity contribution in [3.63, 3.8) is 0 Å². The molecule has 0 aliphatic rings. The molecule has 0 aliphatic carbocycles. The van der Waals surface area contributed by atoms with E-state index in [-0.39, 0.29) is 6.61 Å². The number of anilines is 2. The van der Waals surface area contributed by atoms with E-state index < -0.39 is 0 Å². The van der Waals surface area contributed by atoms with Crippen molar-refractivity contribution >= 4 is 11.6 Å². The largest absolute Gasteiger partial charge is 0.486 e. The van der Waals surface area contributed by atoms with E-state index in [4.69, 9.17) is 16.4 Å². The maximum atomic E-state index is 5.53. The van der Waals surface area contributed by atoms with Gasteiger partial charge < -0.3 is 15.6 Å². The number of benzene rings is 1. The van der Waals surface area contributed by atoms with E-state index in [1.165, 1.54) is 0 Å². The Morgan fingerprint density at radius 3 is 2.17 bits per heavy atom. The van der Waals surface area contributed by atoms with Gasteiger partial charge in [-0.15, -0.1) is 0 Å². The Kier molecular flexibility index (Phi) is 3.90. The van der Waals surface area contributed by atoms with Gasteiger partial charge in [-0.05, 0) is 12.1 Å². The molecule has 0 aliphatic heterocycles. The molecule has 18 heavy (non-hydrogen) atoms. The van der Waals surface area contributed by atoms with Gasteiger partial charge in [0.2, 0.25) is 0 Å². The summed E-state index contributed by atoms with van der Waals surface area (Å²) >= 11 is 0. The summed E-state index contributed by atoms with van der Waals surface area (Å²) in [6.07, 6.45) is 0. The van der Waals surface area contributed by atoms with Crippen LogP contribution in [0.4, 0.5) is 11.6 Å². The Morgan fingerprint density at radius 1 is 1.00 bits per heavy atom. The van der Waals surface area contributed by atoms with Crippen molar-refractivity contribution in [1.29, 1.82) is 0 Å². The molecule has 0 saturated heterocycles. The molecule has 94 valence electrons. The van der Waals surface area contributed by atoms with Crippen molar-refractivity contribution in [2.24, 2.45) is 11.7 Å². The zero-order chi connectivity index (χ0) is 12.8. The molecule has 0 saturated carbocycles. The summed E-state index contributed by atoms with van der Waals surface area (Å²) in [5.41, 5.74) is 4.88. The van der Waals surface area contributed by atoms with Gasteiger partial charge in [0, 0.05) is 6.07 Å². The number of ether oxygens (including phenoxy) is 1. The first-order chi connectivity index (χ1) is 8.81. The maximum Gasteiger partial charge on any atom is 0.170 e. The Balaban J connectivity index is 2.09. The molecule has 2 rings (SSSR count). The third-order valence-corrected chi connectivity index (χ3v) is 2.18. The average Bonchev–Trinajstić information content (AvgIpc) is 2.45. The average molecular weight is 246 g/mol. The normalized spacial score (nSPS) is 9.89. The van der Waals surface area contributed by atoms with Crippen LogP contribution in [0.1, 0.15) is 5.82 Å². The summed E-state index contributed by atoms with van der Waals surface area (Å²) < 4.78 is 5.53. The van der Waals surface area contributed by atoms with Crippen molar-refractivity contribution < 1.29 is 4.74 Å². The SMILES string of the molecule is NNc1cc(NN)nc(COc2ccccc2)n1. The molecule has 0 spiro atoms. The highest BCUT2D eigenvalue weighted by Crippen LogP contribution is 2.13. The fourth-order valence-corrected chi connectivity index (χ4v) is 1.37. The molecular weight excluding hydrogens is 232 g/mol. The minimum absolute atomic E-state index is 0.230. The van der Waals surface area contributed by atoms with Crippen LogP contribution in [0.25, 0.3) is 0 Å². The highest BCUT2D eigenvalue weighted by Gasteiger charge is 2.04. The first-order valence-corrected chi connectivity index (χ1v) is 5.31. The quantitative estimate of drug-likeness (QED) is 0.452. The molecular formula is C11H14N6O. The minimum Gasteiger partial charge on any atom is -0.486 e. The topological polar surface area (TPSA) is 111 Å². The van der Waals surface area contributed by atoms with Gasteiger partial charge >= 0.3 is 0 Å². The number of nitrogens with one attached hydrogen (secondary N) is 2. The van der Waals surface area contributed by atoms with E-state index in [2.05, 4.69) is 20.8 Å². The molecule has 0 radical (unpaired) electrons. The maximum absolute atomic E-state index is 5.53. The van der Waals surface area contributed by atoms with E-state index in [1.807, 2.05) is 30.3 Å². The van der Waals surface area contributed by atoms with Gasteiger partial charge in [-0.2, -0.15) is 0 Å². The molecule has 1 heterocycles. The third kappa shape index (κ3) is 3.06. The second-order valence-electron chi connectivity index (χ2n) is 3.45.